The zero-order chi connectivity index (χ0) is 12.1. The second kappa shape index (κ2) is 5.77. The minimum Gasteiger partial charge on any atom is -0.394 e. The van der Waals surface area contributed by atoms with E-state index < -0.39 is 0 Å². The maximum Gasteiger partial charge on any atom is 0.272 e. The van der Waals surface area contributed by atoms with Crippen molar-refractivity contribution in [2.24, 2.45) is 5.92 Å². The number of aromatic nitrogens is 2. The summed E-state index contributed by atoms with van der Waals surface area (Å²) in [6.07, 6.45) is 0. The fourth-order valence-electron chi connectivity index (χ4n) is 1.10. The monoisotopic (exact) mass is 243 g/mol. The van der Waals surface area contributed by atoms with Crippen LogP contribution in [0.25, 0.3) is 0 Å². The Hall–Kier alpha value is -1.20. The lowest BCUT2D eigenvalue weighted by molar-refractivity contribution is 0.0890. The van der Waals surface area contributed by atoms with E-state index in [0.717, 1.165) is 0 Å². The highest BCUT2D eigenvalue weighted by Gasteiger charge is 2.17. The summed E-state index contributed by atoms with van der Waals surface area (Å²) in [6.45, 7) is 3.72. The van der Waals surface area contributed by atoms with Gasteiger partial charge in [0.25, 0.3) is 5.91 Å². The fourth-order valence-corrected chi connectivity index (χ4v) is 1.20. The van der Waals surface area contributed by atoms with Gasteiger partial charge in [0.1, 0.15) is 0 Å². The Balaban J connectivity index is 2.68. The summed E-state index contributed by atoms with van der Waals surface area (Å²) >= 11 is 5.55. The Bertz CT molecular complexity index is 354. The Labute approximate surface area is 98.8 Å². The molecule has 1 aromatic rings. The molecule has 1 rings (SSSR count). The third-order valence-corrected chi connectivity index (χ3v) is 2.38. The first kappa shape index (κ1) is 12.9. The molecule has 0 unspecified atom stereocenters. The molecule has 0 aliphatic carbocycles. The molecule has 1 atom stereocenters. The SMILES string of the molecule is CC(C)[C@@H](CO)NC(=O)c1ccc(Cl)nn1. The van der Waals surface area contributed by atoms with E-state index in [9.17, 15) is 4.79 Å². The predicted octanol–water partition coefficient (Wildman–Crippen LogP) is 0.877. The summed E-state index contributed by atoms with van der Waals surface area (Å²) in [6, 6.07) is 2.69. The van der Waals surface area contributed by atoms with Crippen LogP contribution in [0.2, 0.25) is 5.15 Å². The first-order valence-corrected chi connectivity index (χ1v) is 5.33. The molecule has 2 N–H and O–H groups in total. The molecule has 0 fully saturated rings. The van der Waals surface area contributed by atoms with Crippen molar-refractivity contribution in [1.29, 1.82) is 0 Å². The van der Waals surface area contributed by atoms with Crippen molar-refractivity contribution >= 4 is 17.5 Å². The maximum absolute atomic E-state index is 11.7. The zero-order valence-corrected chi connectivity index (χ0v) is 9.90. The number of hydrogen-bond acceptors (Lipinski definition) is 4. The molecule has 88 valence electrons. The van der Waals surface area contributed by atoms with Crippen LogP contribution < -0.4 is 5.32 Å². The van der Waals surface area contributed by atoms with Gasteiger partial charge < -0.3 is 10.4 Å². The van der Waals surface area contributed by atoms with Gasteiger partial charge in [-0.05, 0) is 18.1 Å². The number of carbonyl (C=O) groups is 1. The summed E-state index contributed by atoms with van der Waals surface area (Å²) in [7, 11) is 0. The van der Waals surface area contributed by atoms with E-state index in [1.807, 2.05) is 13.8 Å². The second-order valence-electron chi connectivity index (χ2n) is 3.75. The van der Waals surface area contributed by atoms with Gasteiger partial charge in [-0.3, -0.25) is 4.79 Å². The topological polar surface area (TPSA) is 75.1 Å². The van der Waals surface area contributed by atoms with Gasteiger partial charge >= 0.3 is 0 Å². The number of aliphatic hydroxyl groups is 1. The van der Waals surface area contributed by atoms with Crippen molar-refractivity contribution in [3.63, 3.8) is 0 Å². The molecule has 16 heavy (non-hydrogen) atoms. The van der Waals surface area contributed by atoms with Gasteiger partial charge in [0.05, 0.1) is 12.6 Å². The molecule has 6 heteroatoms. The van der Waals surface area contributed by atoms with Crippen LogP contribution in [0.3, 0.4) is 0 Å². The third kappa shape index (κ3) is 3.43. The molecular formula is C10H14ClN3O2. The van der Waals surface area contributed by atoms with Gasteiger partial charge in [-0.15, -0.1) is 10.2 Å². The lowest BCUT2D eigenvalue weighted by atomic mass is 10.1. The van der Waals surface area contributed by atoms with Gasteiger partial charge in [0.2, 0.25) is 0 Å². The lowest BCUT2D eigenvalue weighted by Crippen LogP contribution is -2.41. The minimum atomic E-state index is -0.364. The van der Waals surface area contributed by atoms with Gasteiger partial charge in [-0.25, -0.2) is 0 Å². The standard InChI is InChI=1S/C10H14ClN3O2/c1-6(2)8(5-15)12-10(16)7-3-4-9(11)14-13-7/h3-4,6,8,15H,5H2,1-2H3,(H,12,16)/t8-/m1/s1. The van der Waals surface area contributed by atoms with Crippen molar-refractivity contribution in [2.45, 2.75) is 19.9 Å². The van der Waals surface area contributed by atoms with Crippen molar-refractivity contribution in [2.75, 3.05) is 6.61 Å². The van der Waals surface area contributed by atoms with E-state index in [0.29, 0.717) is 0 Å². The first-order valence-electron chi connectivity index (χ1n) is 4.95. The van der Waals surface area contributed by atoms with Gasteiger partial charge in [0.15, 0.2) is 10.8 Å². The number of aliphatic hydroxyl groups excluding tert-OH is 1. The Morgan fingerprint density at radius 2 is 2.19 bits per heavy atom. The summed E-state index contributed by atoms with van der Waals surface area (Å²) in [4.78, 5) is 11.7. The number of carbonyl (C=O) groups excluding carboxylic acids is 1. The molecule has 0 saturated heterocycles. The van der Waals surface area contributed by atoms with Crippen LogP contribution in [-0.4, -0.2) is 33.9 Å². The maximum atomic E-state index is 11.7. The Kier molecular flexibility index (Phi) is 4.64. The fraction of sp³-hybridized carbons (Fsp3) is 0.500. The number of rotatable bonds is 4. The quantitative estimate of drug-likeness (QED) is 0.823. The van der Waals surface area contributed by atoms with E-state index in [1.165, 1.54) is 12.1 Å². The van der Waals surface area contributed by atoms with Crippen LogP contribution in [0, 0.1) is 5.92 Å². The van der Waals surface area contributed by atoms with Crippen LogP contribution in [0.5, 0.6) is 0 Å². The molecule has 0 spiro atoms. The van der Waals surface area contributed by atoms with Crippen molar-refractivity contribution < 1.29 is 9.90 Å². The van der Waals surface area contributed by atoms with Gasteiger partial charge in [0, 0.05) is 0 Å². The third-order valence-electron chi connectivity index (χ3n) is 2.18. The highest BCUT2D eigenvalue weighted by molar-refractivity contribution is 6.29. The molecular weight excluding hydrogens is 230 g/mol. The van der Waals surface area contributed by atoms with Crippen molar-refractivity contribution in [3.8, 4) is 0 Å². The molecule has 5 nitrogen and oxygen atoms in total. The van der Waals surface area contributed by atoms with Gasteiger partial charge in [-0.1, -0.05) is 25.4 Å². The highest BCUT2D eigenvalue weighted by atomic mass is 35.5. The highest BCUT2D eigenvalue weighted by Crippen LogP contribution is 2.04. The number of nitrogens with one attached hydrogen (secondary N) is 1. The molecule has 1 aromatic heterocycles. The van der Waals surface area contributed by atoms with E-state index in [4.69, 9.17) is 16.7 Å². The number of hydrogen-bond donors (Lipinski definition) is 2. The minimum absolute atomic E-state index is 0.107. The second-order valence-corrected chi connectivity index (χ2v) is 4.14. The van der Waals surface area contributed by atoms with Crippen LogP contribution in [-0.2, 0) is 0 Å². The summed E-state index contributed by atoms with van der Waals surface area (Å²) in [5, 5.41) is 19.2. The van der Waals surface area contributed by atoms with Crippen LogP contribution in [0.15, 0.2) is 12.1 Å². The molecule has 0 saturated carbocycles. The molecule has 1 heterocycles. The number of amides is 1. The average Bonchev–Trinajstić information content (AvgIpc) is 2.26. The average molecular weight is 244 g/mol. The molecule has 0 radical (unpaired) electrons. The largest absolute Gasteiger partial charge is 0.394 e. The van der Waals surface area contributed by atoms with Crippen LogP contribution >= 0.6 is 11.6 Å². The lowest BCUT2D eigenvalue weighted by Gasteiger charge is -2.19. The normalized spacial score (nSPS) is 12.6. The molecule has 0 aliphatic rings. The first-order chi connectivity index (χ1) is 7.54. The van der Waals surface area contributed by atoms with Crippen molar-refractivity contribution in [3.05, 3.63) is 23.0 Å². The molecule has 1 amide bonds. The van der Waals surface area contributed by atoms with Crippen LogP contribution in [0.4, 0.5) is 0 Å². The van der Waals surface area contributed by atoms with E-state index in [-0.39, 0.29) is 35.3 Å². The smallest absolute Gasteiger partial charge is 0.272 e. The van der Waals surface area contributed by atoms with E-state index in [1.54, 1.807) is 0 Å². The van der Waals surface area contributed by atoms with Crippen LogP contribution in [0.1, 0.15) is 24.3 Å². The summed E-state index contributed by atoms with van der Waals surface area (Å²) in [5.41, 5.74) is 0.184. The summed E-state index contributed by atoms with van der Waals surface area (Å²) < 4.78 is 0. The summed E-state index contributed by atoms with van der Waals surface area (Å²) in [5.74, 6) is -0.217. The number of halogens is 1. The van der Waals surface area contributed by atoms with E-state index >= 15 is 0 Å². The molecule has 0 aromatic carbocycles. The zero-order valence-electron chi connectivity index (χ0n) is 9.14. The van der Waals surface area contributed by atoms with Gasteiger partial charge in [-0.2, -0.15) is 0 Å². The Morgan fingerprint density at radius 1 is 1.50 bits per heavy atom. The predicted molar refractivity (Wildman–Crippen MR) is 60.2 cm³/mol. The molecule has 0 aliphatic heterocycles. The molecule has 0 bridgehead atoms. The number of nitrogens with zero attached hydrogens (tertiary/aromatic N) is 2. The van der Waals surface area contributed by atoms with E-state index in [2.05, 4.69) is 15.5 Å². The Morgan fingerprint density at radius 3 is 2.62 bits per heavy atom. The van der Waals surface area contributed by atoms with Crippen molar-refractivity contribution in [1.82, 2.24) is 15.5 Å².